The second kappa shape index (κ2) is 5.81. The summed E-state index contributed by atoms with van der Waals surface area (Å²) in [6.07, 6.45) is 2.68. The second-order valence-electron chi connectivity index (χ2n) is 4.24. The summed E-state index contributed by atoms with van der Waals surface area (Å²) < 4.78 is 0. The Morgan fingerprint density at radius 2 is 2.07 bits per heavy atom. The molecule has 0 saturated carbocycles. The maximum atomic E-state index is 10.6. The van der Waals surface area contributed by atoms with E-state index in [1.807, 2.05) is 0 Å². The highest BCUT2D eigenvalue weighted by Gasteiger charge is 2.12. The Balaban J connectivity index is 3.57. The molecule has 0 radical (unpaired) electrons. The van der Waals surface area contributed by atoms with Crippen LogP contribution in [0.25, 0.3) is 0 Å². The van der Waals surface area contributed by atoms with Gasteiger partial charge in [-0.2, -0.15) is 0 Å². The van der Waals surface area contributed by atoms with Gasteiger partial charge < -0.3 is 11.1 Å². The maximum Gasteiger partial charge on any atom is 0.244 e. The van der Waals surface area contributed by atoms with Crippen LogP contribution < -0.4 is 11.1 Å². The van der Waals surface area contributed by atoms with E-state index >= 15 is 0 Å². The molecule has 0 rings (SSSR count). The smallest absolute Gasteiger partial charge is 0.244 e. The molecule has 0 unspecified atom stereocenters. The summed E-state index contributed by atoms with van der Waals surface area (Å²) >= 11 is 0. The number of amides is 1. The van der Waals surface area contributed by atoms with Gasteiger partial charge in [-0.3, -0.25) is 4.79 Å². The fourth-order valence-electron chi connectivity index (χ4n) is 0.977. The van der Waals surface area contributed by atoms with E-state index in [0.717, 1.165) is 19.4 Å². The Morgan fingerprint density at radius 1 is 1.50 bits per heavy atom. The number of hydrogen-bond acceptors (Lipinski definition) is 2. The molecule has 0 fully saturated rings. The van der Waals surface area contributed by atoms with Crippen LogP contribution >= 0.6 is 0 Å². The average molecular weight is 198 g/mol. The van der Waals surface area contributed by atoms with Crippen LogP contribution in [0.1, 0.15) is 40.0 Å². The lowest BCUT2D eigenvalue weighted by molar-refractivity contribution is -0.114. The summed E-state index contributed by atoms with van der Waals surface area (Å²) in [6, 6.07) is 0. The highest BCUT2D eigenvalue weighted by atomic mass is 16.1. The van der Waals surface area contributed by atoms with Crippen LogP contribution in [0.3, 0.4) is 0 Å². The van der Waals surface area contributed by atoms with Crippen molar-refractivity contribution in [2.24, 2.45) is 5.73 Å². The monoisotopic (exact) mass is 198 g/mol. The number of rotatable bonds is 7. The van der Waals surface area contributed by atoms with E-state index in [2.05, 4.69) is 32.7 Å². The van der Waals surface area contributed by atoms with Gasteiger partial charge in [-0.05, 0) is 39.7 Å². The summed E-state index contributed by atoms with van der Waals surface area (Å²) in [5, 5.41) is 3.41. The first kappa shape index (κ1) is 13.2. The molecule has 82 valence electrons. The quantitative estimate of drug-likeness (QED) is 0.482. The zero-order valence-electron chi connectivity index (χ0n) is 9.52. The largest absolute Gasteiger partial charge is 0.366 e. The van der Waals surface area contributed by atoms with Gasteiger partial charge in [0.1, 0.15) is 0 Å². The first-order chi connectivity index (χ1) is 6.39. The number of primary amides is 1. The van der Waals surface area contributed by atoms with Crippen molar-refractivity contribution < 1.29 is 4.79 Å². The van der Waals surface area contributed by atoms with Gasteiger partial charge in [0.05, 0.1) is 0 Å². The molecule has 0 aliphatic heterocycles. The Labute approximate surface area is 86.8 Å². The second-order valence-corrected chi connectivity index (χ2v) is 4.24. The van der Waals surface area contributed by atoms with Crippen molar-refractivity contribution in [2.75, 3.05) is 6.54 Å². The van der Waals surface area contributed by atoms with Crippen LogP contribution in [0.15, 0.2) is 12.2 Å². The third kappa shape index (κ3) is 5.75. The van der Waals surface area contributed by atoms with E-state index in [0.29, 0.717) is 12.0 Å². The van der Waals surface area contributed by atoms with Crippen molar-refractivity contribution in [3.63, 3.8) is 0 Å². The van der Waals surface area contributed by atoms with Gasteiger partial charge in [0, 0.05) is 11.1 Å². The third-order valence-corrected chi connectivity index (χ3v) is 2.49. The van der Waals surface area contributed by atoms with Gasteiger partial charge in [0.25, 0.3) is 0 Å². The third-order valence-electron chi connectivity index (χ3n) is 2.49. The van der Waals surface area contributed by atoms with Gasteiger partial charge in [-0.15, -0.1) is 0 Å². The molecule has 0 heterocycles. The summed E-state index contributed by atoms with van der Waals surface area (Å²) in [7, 11) is 0. The molecule has 3 N–H and O–H groups in total. The number of carbonyl (C=O) groups excluding carboxylic acids is 1. The zero-order valence-corrected chi connectivity index (χ0v) is 9.52. The minimum atomic E-state index is -0.389. The molecule has 14 heavy (non-hydrogen) atoms. The molecule has 3 nitrogen and oxygen atoms in total. The molecule has 0 aromatic rings. The zero-order chi connectivity index (χ0) is 11.2. The van der Waals surface area contributed by atoms with Crippen LogP contribution in [-0.4, -0.2) is 18.0 Å². The van der Waals surface area contributed by atoms with Crippen LogP contribution in [0.4, 0.5) is 0 Å². The number of nitrogens with one attached hydrogen (secondary N) is 1. The van der Waals surface area contributed by atoms with Gasteiger partial charge in [-0.25, -0.2) is 0 Å². The Bertz CT molecular complexity index is 209. The Kier molecular flexibility index (Phi) is 5.46. The lowest BCUT2D eigenvalue weighted by Crippen LogP contribution is -2.39. The average Bonchev–Trinajstić information content (AvgIpc) is 2.12. The molecule has 0 atom stereocenters. The number of nitrogens with two attached hydrogens (primary N) is 1. The molecule has 0 aliphatic carbocycles. The topological polar surface area (TPSA) is 55.1 Å². The minimum Gasteiger partial charge on any atom is -0.366 e. The first-order valence-electron chi connectivity index (χ1n) is 5.11. The van der Waals surface area contributed by atoms with E-state index in [1.54, 1.807) is 0 Å². The molecule has 0 aromatic heterocycles. The van der Waals surface area contributed by atoms with E-state index in [4.69, 9.17) is 5.73 Å². The van der Waals surface area contributed by atoms with Crippen molar-refractivity contribution in [3.8, 4) is 0 Å². The molecule has 0 aliphatic rings. The van der Waals surface area contributed by atoms with Crippen molar-refractivity contribution in [3.05, 3.63) is 12.2 Å². The predicted molar refractivity (Wildman–Crippen MR) is 59.9 cm³/mol. The van der Waals surface area contributed by atoms with Crippen molar-refractivity contribution >= 4 is 5.91 Å². The lowest BCUT2D eigenvalue weighted by Gasteiger charge is -2.24. The minimum absolute atomic E-state index is 0.175. The van der Waals surface area contributed by atoms with Gasteiger partial charge in [0.15, 0.2) is 0 Å². The summed E-state index contributed by atoms with van der Waals surface area (Å²) in [4.78, 5) is 10.6. The molecule has 0 saturated heterocycles. The SMILES string of the molecule is C=C(CCCNC(C)(C)CC)C(N)=O. The summed E-state index contributed by atoms with van der Waals surface area (Å²) in [6.45, 7) is 11.0. The number of carbonyl (C=O) groups is 1. The molecular formula is C11H22N2O. The summed E-state index contributed by atoms with van der Waals surface area (Å²) in [5.74, 6) is -0.389. The number of hydrogen-bond donors (Lipinski definition) is 2. The van der Waals surface area contributed by atoms with Crippen molar-refractivity contribution in [2.45, 2.75) is 45.6 Å². The summed E-state index contributed by atoms with van der Waals surface area (Å²) in [5.41, 5.74) is 5.76. The molecule has 0 bridgehead atoms. The molecule has 0 spiro atoms. The van der Waals surface area contributed by atoms with Crippen LogP contribution in [-0.2, 0) is 4.79 Å². The van der Waals surface area contributed by atoms with Crippen molar-refractivity contribution in [1.29, 1.82) is 0 Å². The van der Waals surface area contributed by atoms with Gasteiger partial charge in [-0.1, -0.05) is 13.5 Å². The van der Waals surface area contributed by atoms with E-state index < -0.39 is 0 Å². The Morgan fingerprint density at radius 3 is 2.50 bits per heavy atom. The van der Waals surface area contributed by atoms with Gasteiger partial charge >= 0.3 is 0 Å². The van der Waals surface area contributed by atoms with E-state index in [-0.39, 0.29) is 11.4 Å². The molecule has 0 aromatic carbocycles. The highest BCUT2D eigenvalue weighted by Crippen LogP contribution is 2.07. The first-order valence-corrected chi connectivity index (χ1v) is 5.11. The maximum absolute atomic E-state index is 10.6. The fourth-order valence-corrected chi connectivity index (χ4v) is 0.977. The van der Waals surface area contributed by atoms with Gasteiger partial charge in [0.2, 0.25) is 5.91 Å². The van der Waals surface area contributed by atoms with Crippen LogP contribution in [0.2, 0.25) is 0 Å². The highest BCUT2D eigenvalue weighted by molar-refractivity contribution is 5.91. The molecule has 3 heteroatoms. The normalized spacial score (nSPS) is 11.4. The fraction of sp³-hybridized carbons (Fsp3) is 0.727. The predicted octanol–water partition coefficient (Wildman–Crippen LogP) is 1.59. The van der Waals surface area contributed by atoms with Crippen LogP contribution in [0.5, 0.6) is 0 Å². The van der Waals surface area contributed by atoms with E-state index in [1.165, 1.54) is 0 Å². The molecular weight excluding hydrogens is 176 g/mol. The van der Waals surface area contributed by atoms with Crippen molar-refractivity contribution in [1.82, 2.24) is 5.32 Å². The lowest BCUT2D eigenvalue weighted by atomic mass is 10.0. The Hall–Kier alpha value is -0.830. The standard InChI is InChI=1S/C11H22N2O/c1-5-11(3,4)13-8-6-7-9(2)10(12)14/h13H,2,5-8H2,1,3-4H3,(H2,12,14). The van der Waals surface area contributed by atoms with Crippen LogP contribution in [0, 0.1) is 0 Å². The van der Waals surface area contributed by atoms with E-state index in [9.17, 15) is 4.79 Å². The molecule has 1 amide bonds.